The zero-order valence-electron chi connectivity index (χ0n) is 12.8. The fourth-order valence-corrected chi connectivity index (χ4v) is 3.96. The van der Waals surface area contributed by atoms with Crippen molar-refractivity contribution in [1.29, 1.82) is 0 Å². The van der Waals surface area contributed by atoms with Crippen molar-refractivity contribution in [1.82, 2.24) is 4.31 Å². The summed E-state index contributed by atoms with van der Waals surface area (Å²) in [6.07, 6.45) is 0. The molecule has 25 heavy (non-hydrogen) atoms. The van der Waals surface area contributed by atoms with Crippen LogP contribution in [0.4, 0.5) is 5.69 Å². The number of nitrogens with one attached hydrogen (secondary N) is 1. The van der Waals surface area contributed by atoms with E-state index in [-0.39, 0.29) is 16.0 Å². The molecule has 3 amide bonds. The van der Waals surface area contributed by atoms with E-state index < -0.39 is 34.3 Å². The maximum atomic E-state index is 12.4. The van der Waals surface area contributed by atoms with Crippen LogP contribution in [0, 0.1) is 0 Å². The summed E-state index contributed by atoms with van der Waals surface area (Å²) < 4.78 is 25.3. The molecule has 2 aromatic rings. The lowest BCUT2D eigenvalue weighted by Crippen LogP contribution is -2.37. The number of amides is 3. The minimum atomic E-state index is -4.04. The van der Waals surface area contributed by atoms with Crippen LogP contribution in [0.5, 0.6) is 0 Å². The molecule has 0 unspecified atom stereocenters. The summed E-state index contributed by atoms with van der Waals surface area (Å²) in [7, 11) is -4.04. The lowest BCUT2D eigenvalue weighted by atomic mass is 10.2. The molecule has 0 aromatic heterocycles. The fourth-order valence-electron chi connectivity index (χ4n) is 2.44. The minimum absolute atomic E-state index is 0.0427. The Morgan fingerprint density at radius 2 is 1.68 bits per heavy atom. The van der Waals surface area contributed by atoms with E-state index in [9.17, 15) is 22.8 Å². The van der Waals surface area contributed by atoms with Crippen LogP contribution in [0.1, 0.15) is 20.7 Å². The van der Waals surface area contributed by atoms with Crippen molar-refractivity contribution >= 4 is 33.4 Å². The van der Waals surface area contributed by atoms with Crippen LogP contribution in [0.25, 0.3) is 0 Å². The van der Waals surface area contributed by atoms with Gasteiger partial charge >= 0.3 is 0 Å². The Hall–Kier alpha value is -3.20. The van der Waals surface area contributed by atoms with Crippen LogP contribution in [-0.2, 0) is 14.8 Å². The van der Waals surface area contributed by atoms with Crippen LogP contribution in [0.2, 0.25) is 0 Å². The Bertz CT molecular complexity index is 983. The van der Waals surface area contributed by atoms with E-state index in [2.05, 4.69) is 5.32 Å². The first kappa shape index (κ1) is 16.7. The highest BCUT2D eigenvalue weighted by atomic mass is 32.2. The number of nitrogens with two attached hydrogens (primary N) is 1. The van der Waals surface area contributed by atoms with Crippen molar-refractivity contribution in [3.63, 3.8) is 0 Å². The molecule has 0 atom stereocenters. The first-order valence-electron chi connectivity index (χ1n) is 7.16. The number of fused-ring (bicyclic) bond motifs is 1. The Labute approximate surface area is 143 Å². The van der Waals surface area contributed by atoms with Crippen LogP contribution in [0.15, 0.2) is 53.4 Å². The second-order valence-electron chi connectivity index (χ2n) is 5.30. The van der Waals surface area contributed by atoms with E-state index in [0.717, 1.165) is 0 Å². The van der Waals surface area contributed by atoms with Gasteiger partial charge in [0.15, 0.2) is 0 Å². The predicted octanol–water partition coefficient (Wildman–Crippen LogP) is 0.569. The maximum Gasteiger partial charge on any atom is 0.269 e. The molecule has 2 aromatic carbocycles. The van der Waals surface area contributed by atoms with E-state index in [4.69, 9.17) is 5.73 Å². The van der Waals surface area contributed by atoms with Gasteiger partial charge in [0.2, 0.25) is 11.8 Å². The van der Waals surface area contributed by atoms with Gasteiger partial charge in [-0.05, 0) is 36.4 Å². The number of carbonyl (C=O) groups excluding carboxylic acids is 3. The molecule has 9 heteroatoms. The number of carbonyl (C=O) groups is 3. The van der Waals surface area contributed by atoms with Crippen LogP contribution in [0.3, 0.4) is 0 Å². The van der Waals surface area contributed by atoms with Crippen molar-refractivity contribution in [3.8, 4) is 0 Å². The molecule has 3 N–H and O–H groups in total. The van der Waals surface area contributed by atoms with Crippen molar-refractivity contribution in [2.75, 3.05) is 11.9 Å². The average molecular weight is 359 g/mol. The van der Waals surface area contributed by atoms with Crippen LogP contribution >= 0.6 is 0 Å². The quantitative estimate of drug-likeness (QED) is 0.825. The Balaban J connectivity index is 1.76. The van der Waals surface area contributed by atoms with E-state index in [1.165, 1.54) is 42.5 Å². The molecule has 0 spiro atoms. The number of anilines is 1. The number of nitrogens with zero attached hydrogens (tertiary/aromatic N) is 1. The molecule has 0 aliphatic carbocycles. The van der Waals surface area contributed by atoms with Gasteiger partial charge in [-0.3, -0.25) is 14.4 Å². The van der Waals surface area contributed by atoms with Crippen molar-refractivity contribution < 1.29 is 22.8 Å². The number of primary amides is 1. The molecule has 0 bridgehead atoms. The zero-order chi connectivity index (χ0) is 18.2. The molecule has 128 valence electrons. The molecule has 3 rings (SSSR count). The molecular formula is C16H13N3O5S. The Kier molecular flexibility index (Phi) is 4.01. The Morgan fingerprint density at radius 1 is 1.04 bits per heavy atom. The second-order valence-corrected chi connectivity index (χ2v) is 7.13. The highest BCUT2D eigenvalue weighted by molar-refractivity contribution is 7.90. The normalized spacial score (nSPS) is 14.9. The first-order valence-corrected chi connectivity index (χ1v) is 8.60. The third-order valence-corrected chi connectivity index (χ3v) is 5.44. The SMILES string of the molecule is NC(=O)c1ccc(NC(=O)CN2C(=O)c3ccccc3S2(=O)=O)cc1. The van der Waals surface area contributed by atoms with E-state index in [1.807, 2.05) is 0 Å². The van der Waals surface area contributed by atoms with Gasteiger partial charge in [-0.25, -0.2) is 12.7 Å². The van der Waals surface area contributed by atoms with Gasteiger partial charge in [-0.1, -0.05) is 12.1 Å². The topological polar surface area (TPSA) is 127 Å². The maximum absolute atomic E-state index is 12.4. The van der Waals surface area contributed by atoms with Gasteiger partial charge in [0.1, 0.15) is 11.4 Å². The lowest BCUT2D eigenvalue weighted by Gasteiger charge is -2.14. The first-order chi connectivity index (χ1) is 11.8. The summed E-state index contributed by atoms with van der Waals surface area (Å²) in [5.41, 5.74) is 5.78. The molecule has 0 saturated heterocycles. The molecule has 0 saturated carbocycles. The number of benzene rings is 2. The van der Waals surface area contributed by atoms with Crippen LogP contribution < -0.4 is 11.1 Å². The largest absolute Gasteiger partial charge is 0.366 e. The third-order valence-electron chi connectivity index (χ3n) is 3.65. The summed E-state index contributed by atoms with van der Waals surface area (Å²) in [6.45, 7) is -0.645. The number of sulfonamides is 1. The summed E-state index contributed by atoms with van der Waals surface area (Å²) >= 11 is 0. The van der Waals surface area contributed by atoms with Gasteiger partial charge < -0.3 is 11.1 Å². The standard InChI is InChI=1S/C16H13N3O5S/c17-15(21)10-5-7-11(8-6-10)18-14(20)9-19-16(22)12-3-1-2-4-13(12)25(19,23)24/h1-8H,9H2,(H2,17,21)(H,18,20). The molecule has 1 aliphatic heterocycles. The van der Waals surface area contributed by atoms with Crippen molar-refractivity contribution in [3.05, 3.63) is 59.7 Å². The fraction of sp³-hybridized carbons (Fsp3) is 0.0625. The Morgan fingerprint density at radius 3 is 2.28 bits per heavy atom. The van der Waals surface area contributed by atoms with Crippen LogP contribution in [-0.4, -0.2) is 37.0 Å². The van der Waals surface area contributed by atoms with Gasteiger partial charge in [0, 0.05) is 11.3 Å². The highest BCUT2D eigenvalue weighted by Gasteiger charge is 2.41. The predicted molar refractivity (Wildman–Crippen MR) is 88.3 cm³/mol. The summed E-state index contributed by atoms with van der Waals surface area (Å²) in [4.78, 5) is 35.2. The van der Waals surface area contributed by atoms with Gasteiger partial charge in [-0.2, -0.15) is 0 Å². The second kappa shape index (κ2) is 6.02. The molecule has 1 aliphatic rings. The molecule has 0 radical (unpaired) electrons. The van der Waals surface area contributed by atoms with E-state index in [1.54, 1.807) is 6.07 Å². The molecular weight excluding hydrogens is 346 g/mol. The van der Waals surface area contributed by atoms with E-state index >= 15 is 0 Å². The number of rotatable bonds is 4. The molecule has 1 heterocycles. The summed E-state index contributed by atoms with van der Waals surface area (Å²) in [6, 6.07) is 11.5. The lowest BCUT2D eigenvalue weighted by molar-refractivity contribution is -0.116. The number of hydrogen-bond acceptors (Lipinski definition) is 5. The monoisotopic (exact) mass is 359 g/mol. The number of hydrogen-bond donors (Lipinski definition) is 2. The summed E-state index contributed by atoms with van der Waals surface area (Å²) in [5.74, 6) is -2.03. The van der Waals surface area contributed by atoms with E-state index in [0.29, 0.717) is 9.99 Å². The smallest absolute Gasteiger partial charge is 0.269 e. The summed E-state index contributed by atoms with van der Waals surface area (Å²) in [5, 5.41) is 2.47. The molecule has 8 nitrogen and oxygen atoms in total. The van der Waals surface area contributed by atoms with Gasteiger partial charge in [0.05, 0.1) is 5.56 Å². The minimum Gasteiger partial charge on any atom is -0.366 e. The van der Waals surface area contributed by atoms with Gasteiger partial charge in [-0.15, -0.1) is 0 Å². The van der Waals surface area contributed by atoms with Crippen molar-refractivity contribution in [2.45, 2.75) is 4.90 Å². The average Bonchev–Trinajstić information content (AvgIpc) is 2.77. The van der Waals surface area contributed by atoms with Crippen molar-refractivity contribution in [2.24, 2.45) is 5.73 Å². The van der Waals surface area contributed by atoms with Gasteiger partial charge in [0.25, 0.3) is 15.9 Å². The highest BCUT2D eigenvalue weighted by Crippen LogP contribution is 2.29. The third kappa shape index (κ3) is 2.96. The zero-order valence-corrected chi connectivity index (χ0v) is 13.6. The molecule has 0 fully saturated rings.